The van der Waals surface area contributed by atoms with Crippen molar-refractivity contribution in [2.24, 2.45) is 0 Å². The number of amides is 2. The smallest absolute Gasteiger partial charge is 0.239 e. The van der Waals surface area contributed by atoms with E-state index in [0.717, 1.165) is 5.56 Å². The number of Topliss-reactive ketones (excluding diaryl/α,β-unsaturated/α-hetero) is 1. The minimum absolute atomic E-state index is 0.00713. The molecule has 34 heavy (non-hydrogen) atoms. The van der Waals surface area contributed by atoms with Crippen molar-refractivity contribution in [2.45, 2.75) is 45.1 Å². The molecular weight excluding hydrogens is 441 g/mol. The third kappa shape index (κ3) is 4.11. The van der Waals surface area contributed by atoms with Crippen molar-refractivity contribution in [1.29, 1.82) is 0 Å². The van der Waals surface area contributed by atoms with Gasteiger partial charge in [-0.15, -0.1) is 0 Å². The molecule has 2 aromatic carbocycles. The number of carbonyl (C=O) groups is 3. The first-order valence-electron chi connectivity index (χ1n) is 11.0. The maximum absolute atomic E-state index is 13.9. The van der Waals surface area contributed by atoms with Crippen molar-refractivity contribution in [2.75, 3.05) is 20.2 Å². The Bertz CT molecular complexity index is 1150. The summed E-state index contributed by atoms with van der Waals surface area (Å²) in [5.74, 6) is -0.495. The number of ketones is 1. The average Bonchev–Trinajstić information content (AvgIpc) is 2.77. The van der Waals surface area contributed by atoms with Gasteiger partial charge in [0.2, 0.25) is 17.6 Å². The molecule has 2 heterocycles. The van der Waals surface area contributed by atoms with E-state index in [0.29, 0.717) is 17.9 Å². The fourth-order valence-corrected chi connectivity index (χ4v) is 4.94. The zero-order valence-corrected chi connectivity index (χ0v) is 19.7. The van der Waals surface area contributed by atoms with Crippen LogP contribution in [0, 0.1) is 5.82 Å². The Hall–Kier alpha value is -3.46. The Morgan fingerprint density at radius 3 is 2.47 bits per heavy atom. The lowest BCUT2D eigenvalue weighted by Crippen LogP contribution is -2.86. The first kappa shape index (κ1) is 23.7. The summed E-state index contributed by atoms with van der Waals surface area (Å²) in [5.41, 5.74) is -0.746. The number of hydrogen-bond acceptors (Lipinski definition) is 6. The number of nitrogens with zero attached hydrogens (tertiary/aromatic N) is 2. The number of rotatable bonds is 6. The predicted octanol–water partition coefficient (Wildman–Crippen LogP) is 2.25. The van der Waals surface area contributed by atoms with Crippen LogP contribution in [0.4, 0.5) is 4.39 Å². The Morgan fingerprint density at radius 2 is 1.76 bits per heavy atom. The molecule has 0 bridgehead atoms. The van der Waals surface area contributed by atoms with Crippen molar-refractivity contribution < 1.29 is 28.2 Å². The third-order valence-electron chi connectivity index (χ3n) is 6.33. The van der Waals surface area contributed by atoms with Gasteiger partial charge in [-0.25, -0.2) is 4.39 Å². The molecule has 9 heteroatoms. The molecule has 2 saturated heterocycles. The van der Waals surface area contributed by atoms with Crippen LogP contribution in [0.25, 0.3) is 0 Å². The molecule has 2 aliphatic heterocycles. The van der Waals surface area contributed by atoms with Gasteiger partial charge in [0.1, 0.15) is 17.9 Å². The van der Waals surface area contributed by atoms with E-state index in [1.165, 1.54) is 18.1 Å². The molecule has 4 rings (SSSR count). The quantitative estimate of drug-likeness (QED) is 0.698. The molecule has 0 radical (unpaired) electrons. The van der Waals surface area contributed by atoms with Crippen LogP contribution in [0.1, 0.15) is 31.9 Å². The molecule has 1 atom stereocenters. The number of nitrogens with one attached hydrogen (secondary N) is 1. The molecule has 2 aliphatic rings. The minimum atomic E-state index is -1.30. The number of benzene rings is 2. The van der Waals surface area contributed by atoms with Gasteiger partial charge in [-0.2, -0.15) is 0 Å². The third-order valence-corrected chi connectivity index (χ3v) is 6.33. The van der Waals surface area contributed by atoms with Gasteiger partial charge < -0.3 is 14.8 Å². The molecule has 0 spiro atoms. The zero-order chi connectivity index (χ0) is 24.7. The Morgan fingerprint density at radius 1 is 1.03 bits per heavy atom. The van der Waals surface area contributed by atoms with Crippen molar-refractivity contribution >= 4 is 17.6 Å². The van der Waals surface area contributed by atoms with Crippen LogP contribution < -0.4 is 14.8 Å². The second-order valence-corrected chi connectivity index (χ2v) is 9.25. The lowest BCUT2D eigenvalue weighted by molar-refractivity contribution is -0.189. The number of fused-ring (bicyclic) bond motifs is 1. The second kappa shape index (κ2) is 8.72. The standard InChI is InChI=1S/C25H28FN3O5/c1-24(2)23(32)25(3)27-21(30)13-28(14-22(31)29(24)25)12-16-9-10-19(33-4)17(11-16)15-34-20-8-6-5-7-18(20)26/h5-11H,12-15H2,1-4H3,(H,27,30). The molecular formula is C25H28FN3O5. The number of hydrogen-bond donors (Lipinski definition) is 1. The molecule has 1 N–H and O–H groups in total. The molecule has 8 nitrogen and oxygen atoms in total. The van der Waals surface area contributed by atoms with Crippen LogP contribution in [0.3, 0.4) is 0 Å². The molecule has 2 aromatic rings. The first-order valence-corrected chi connectivity index (χ1v) is 11.0. The fraction of sp³-hybridized carbons (Fsp3) is 0.400. The highest BCUT2D eigenvalue weighted by molar-refractivity contribution is 6.10. The van der Waals surface area contributed by atoms with Crippen LogP contribution in [0.5, 0.6) is 11.5 Å². The van der Waals surface area contributed by atoms with E-state index in [-0.39, 0.29) is 43.0 Å². The molecule has 180 valence electrons. The van der Waals surface area contributed by atoms with Crippen LogP contribution >= 0.6 is 0 Å². The van der Waals surface area contributed by atoms with Crippen molar-refractivity contribution in [1.82, 2.24) is 15.1 Å². The number of halogens is 1. The van der Waals surface area contributed by atoms with E-state index in [4.69, 9.17) is 9.47 Å². The van der Waals surface area contributed by atoms with Gasteiger partial charge in [0.25, 0.3) is 0 Å². The van der Waals surface area contributed by atoms with E-state index in [2.05, 4.69) is 5.32 Å². The van der Waals surface area contributed by atoms with Gasteiger partial charge in [0, 0.05) is 12.1 Å². The van der Waals surface area contributed by atoms with E-state index in [9.17, 15) is 18.8 Å². The highest BCUT2D eigenvalue weighted by Gasteiger charge is 2.65. The Labute approximate surface area is 197 Å². The monoisotopic (exact) mass is 469 g/mol. The summed E-state index contributed by atoms with van der Waals surface area (Å²) in [5, 5.41) is 2.72. The lowest BCUT2D eigenvalue weighted by Gasteiger charge is -2.60. The van der Waals surface area contributed by atoms with Crippen molar-refractivity contribution in [3.63, 3.8) is 0 Å². The number of para-hydroxylation sites is 1. The lowest BCUT2D eigenvalue weighted by atomic mass is 9.75. The average molecular weight is 470 g/mol. The maximum Gasteiger partial charge on any atom is 0.239 e. The highest BCUT2D eigenvalue weighted by Crippen LogP contribution is 2.40. The highest BCUT2D eigenvalue weighted by atomic mass is 19.1. The summed E-state index contributed by atoms with van der Waals surface area (Å²) in [6.07, 6.45) is 0. The van der Waals surface area contributed by atoms with Gasteiger partial charge in [-0.1, -0.05) is 18.2 Å². The van der Waals surface area contributed by atoms with E-state index < -0.39 is 17.0 Å². The van der Waals surface area contributed by atoms with Crippen LogP contribution in [-0.2, 0) is 27.5 Å². The van der Waals surface area contributed by atoms with Crippen molar-refractivity contribution in [3.05, 3.63) is 59.4 Å². The largest absolute Gasteiger partial charge is 0.496 e. The summed E-state index contributed by atoms with van der Waals surface area (Å²) < 4.78 is 25.0. The van der Waals surface area contributed by atoms with Gasteiger partial charge >= 0.3 is 0 Å². The van der Waals surface area contributed by atoms with Gasteiger partial charge in [0.05, 0.1) is 20.2 Å². The maximum atomic E-state index is 13.9. The molecule has 0 saturated carbocycles. The summed E-state index contributed by atoms with van der Waals surface area (Å²) in [7, 11) is 1.54. The summed E-state index contributed by atoms with van der Waals surface area (Å²) >= 11 is 0. The number of methoxy groups -OCH3 is 1. The molecule has 0 aliphatic carbocycles. The zero-order valence-electron chi connectivity index (χ0n) is 19.7. The fourth-order valence-electron chi connectivity index (χ4n) is 4.94. The van der Waals surface area contributed by atoms with Gasteiger partial charge in [0.15, 0.2) is 17.2 Å². The van der Waals surface area contributed by atoms with Gasteiger partial charge in [-0.05, 0) is 50.6 Å². The van der Waals surface area contributed by atoms with Crippen LogP contribution in [0.2, 0.25) is 0 Å². The first-order chi connectivity index (χ1) is 16.1. The van der Waals surface area contributed by atoms with Crippen LogP contribution in [-0.4, -0.2) is 58.8 Å². The van der Waals surface area contributed by atoms with E-state index >= 15 is 0 Å². The van der Waals surface area contributed by atoms with E-state index in [1.807, 2.05) is 12.1 Å². The predicted molar refractivity (Wildman–Crippen MR) is 121 cm³/mol. The number of carbonyl (C=O) groups excluding carboxylic acids is 3. The second-order valence-electron chi connectivity index (χ2n) is 9.25. The van der Waals surface area contributed by atoms with Crippen molar-refractivity contribution in [3.8, 4) is 11.5 Å². The van der Waals surface area contributed by atoms with Gasteiger partial charge in [-0.3, -0.25) is 24.2 Å². The van der Waals surface area contributed by atoms with Crippen LogP contribution in [0.15, 0.2) is 42.5 Å². The number of ether oxygens (including phenoxy) is 2. The molecule has 0 aromatic heterocycles. The minimum Gasteiger partial charge on any atom is -0.496 e. The summed E-state index contributed by atoms with van der Waals surface area (Å²) in [6, 6.07) is 11.6. The summed E-state index contributed by atoms with van der Waals surface area (Å²) in [6.45, 7) is 5.28. The molecule has 2 amide bonds. The normalized spacial score (nSPS) is 22.3. The SMILES string of the molecule is COc1ccc(CN2CC(=O)NC3(C)C(=O)C(C)(C)N3C(=O)C2)cc1COc1ccccc1F. The summed E-state index contributed by atoms with van der Waals surface area (Å²) in [4.78, 5) is 41.5. The molecule has 2 fully saturated rings. The topological polar surface area (TPSA) is 88.2 Å². The molecule has 1 unspecified atom stereocenters. The Kier molecular flexibility index (Phi) is 6.07. The Balaban J connectivity index is 1.51. The van der Waals surface area contributed by atoms with E-state index in [1.54, 1.807) is 49.9 Å².